The van der Waals surface area contributed by atoms with Crippen LogP contribution in [0.5, 0.6) is 5.75 Å². The Labute approximate surface area is 113 Å². The summed E-state index contributed by atoms with van der Waals surface area (Å²) >= 11 is 0. The lowest BCUT2D eigenvalue weighted by Gasteiger charge is -2.32. The molecule has 0 radical (unpaired) electrons. The smallest absolute Gasteiger partial charge is 0.244 e. The van der Waals surface area contributed by atoms with E-state index in [9.17, 15) is 4.79 Å². The van der Waals surface area contributed by atoms with E-state index in [0.717, 1.165) is 29.6 Å². The third-order valence-corrected chi connectivity index (χ3v) is 3.48. The number of rotatable bonds is 4. The number of amides is 1. The maximum Gasteiger partial charge on any atom is 0.244 e. The quantitative estimate of drug-likeness (QED) is 0.905. The third-order valence-electron chi connectivity index (χ3n) is 3.48. The standard InChI is InChI=1S/C15H20N2O2/c1-10(2)19-13-5-3-4-12-15(13)16-14(18)9-17(12)8-11-6-7-11/h3-5,10-11H,6-9H2,1-2H3,(H,16,18). The number of ether oxygens (including phenoxy) is 1. The fourth-order valence-corrected chi connectivity index (χ4v) is 2.47. The maximum absolute atomic E-state index is 11.9. The van der Waals surface area contributed by atoms with Crippen LogP contribution in [0.1, 0.15) is 26.7 Å². The van der Waals surface area contributed by atoms with Gasteiger partial charge in [0.1, 0.15) is 11.4 Å². The van der Waals surface area contributed by atoms with Crippen molar-refractivity contribution in [3.05, 3.63) is 18.2 Å². The molecule has 4 nitrogen and oxygen atoms in total. The van der Waals surface area contributed by atoms with Crippen molar-refractivity contribution < 1.29 is 9.53 Å². The topological polar surface area (TPSA) is 41.6 Å². The molecule has 1 heterocycles. The summed E-state index contributed by atoms with van der Waals surface area (Å²) < 4.78 is 5.79. The molecular formula is C15H20N2O2. The van der Waals surface area contributed by atoms with Crippen LogP contribution >= 0.6 is 0 Å². The van der Waals surface area contributed by atoms with Gasteiger partial charge in [0, 0.05) is 6.54 Å². The average molecular weight is 260 g/mol. The molecule has 1 aromatic carbocycles. The largest absolute Gasteiger partial charge is 0.489 e. The molecular weight excluding hydrogens is 240 g/mol. The molecule has 0 unspecified atom stereocenters. The second kappa shape index (κ2) is 4.76. The summed E-state index contributed by atoms with van der Waals surface area (Å²) in [7, 11) is 0. The number of nitrogens with one attached hydrogen (secondary N) is 1. The van der Waals surface area contributed by atoms with Crippen LogP contribution in [-0.2, 0) is 4.79 Å². The Morgan fingerprint density at radius 1 is 1.42 bits per heavy atom. The number of hydrogen-bond acceptors (Lipinski definition) is 3. The molecule has 2 aliphatic rings. The van der Waals surface area contributed by atoms with Crippen LogP contribution in [0.3, 0.4) is 0 Å². The van der Waals surface area contributed by atoms with E-state index >= 15 is 0 Å². The lowest BCUT2D eigenvalue weighted by Crippen LogP contribution is -2.39. The molecule has 0 spiro atoms. The number of benzene rings is 1. The van der Waals surface area contributed by atoms with E-state index in [2.05, 4.69) is 16.3 Å². The van der Waals surface area contributed by atoms with Crippen molar-refractivity contribution in [2.24, 2.45) is 5.92 Å². The number of carbonyl (C=O) groups is 1. The maximum atomic E-state index is 11.9. The van der Waals surface area contributed by atoms with Crippen LogP contribution in [0.4, 0.5) is 11.4 Å². The number of anilines is 2. The van der Waals surface area contributed by atoms with Crippen molar-refractivity contribution in [1.29, 1.82) is 0 Å². The van der Waals surface area contributed by atoms with Crippen LogP contribution in [-0.4, -0.2) is 25.1 Å². The summed E-state index contributed by atoms with van der Waals surface area (Å²) in [6, 6.07) is 5.97. The van der Waals surface area contributed by atoms with Crippen LogP contribution in [0.15, 0.2) is 18.2 Å². The van der Waals surface area contributed by atoms with E-state index in [-0.39, 0.29) is 12.0 Å². The molecule has 4 heteroatoms. The van der Waals surface area contributed by atoms with Crippen molar-refractivity contribution >= 4 is 17.3 Å². The number of hydrogen-bond donors (Lipinski definition) is 1. The van der Waals surface area contributed by atoms with Crippen molar-refractivity contribution in [3.8, 4) is 5.75 Å². The van der Waals surface area contributed by atoms with Crippen LogP contribution in [0.25, 0.3) is 0 Å². The van der Waals surface area contributed by atoms with Gasteiger partial charge in [-0.15, -0.1) is 0 Å². The van der Waals surface area contributed by atoms with Crippen LogP contribution in [0.2, 0.25) is 0 Å². The highest BCUT2D eigenvalue weighted by atomic mass is 16.5. The van der Waals surface area contributed by atoms with E-state index in [1.165, 1.54) is 12.8 Å². The Kier molecular flexibility index (Phi) is 3.09. The highest BCUT2D eigenvalue weighted by Crippen LogP contribution is 2.40. The summed E-state index contributed by atoms with van der Waals surface area (Å²) in [5, 5.41) is 2.95. The first-order chi connectivity index (χ1) is 9.13. The SMILES string of the molecule is CC(C)Oc1cccc2c1NC(=O)CN2CC1CC1. The first-order valence-electron chi connectivity index (χ1n) is 6.98. The predicted molar refractivity (Wildman–Crippen MR) is 75.8 cm³/mol. The van der Waals surface area contributed by atoms with Gasteiger partial charge in [-0.3, -0.25) is 4.79 Å². The molecule has 3 rings (SSSR count). The van der Waals surface area contributed by atoms with Crippen molar-refractivity contribution in [2.45, 2.75) is 32.8 Å². The van der Waals surface area contributed by atoms with Gasteiger partial charge in [0.05, 0.1) is 18.3 Å². The monoisotopic (exact) mass is 260 g/mol. The second-order valence-corrected chi connectivity index (χ2v) is 5.69. The second-order valence-electron chi connectivity index (χ2n) is 5.69. The number of carbonyl (C=O) groups excluding carboxylic acids is 1. The molecule has 0 atom stereocenters. The number of fused-ring (bicyclic) bond motifs is 1. The van der Waals surface area contributed by atoms with Crippen LogP contribution in [0, 0.1) is 5.92 Å². The molecule has 1 saturated carbocycles. The van der Waals surface area contributed by atoms with Gasteiger partial charge in [-0.25, -0.2) is 0 Å². The van der Waals surface area contributed by atoms with Crippen molar-refractivity contribution in [3.63, 3.8) is 0 Å². The lowest BCUT2D eigenvalue weighted by atomic mass is 10.1. The summed E-state index contributed by atoms with van der Waals surface area (Å²) in [5.74, 6) is 1.57. The van der Waals surface area contributed by atoms with Crippen molar-refractivity contribution in [2.75, 3.05) is 23.3 Å². The van der Waals surface area contributed by atoms with E-state index in [0.29, 0.717) is 6.54 Å². The summed E-state index contributed by atoms with van der Waals surface area (Å²) in [6.45, 7) is 5.41. The fourth-order valence-electron chi connectivity index (χ4n) is 2.47. The van der Waals surface area contributed by atoms with Gasteiger partial charge in [-0.2, -0.15) is 0 Å². The third kappa shape index (κ3) is 2.67. The molecule has 0 aromatic heterocycles. The Morgan fingerprint density at radius 3 is 2.89 bits per heavy atom. The summed E-state index contributed by atoms with van der Waals surface area (Å²) in [6.07, 6.45) is 2.67. The zero-order valence-electron chi connectivity index (χ0n) is 11.5. The van der Waals surface area contributed by atoms with Gasteiger partial charge in [-0.05, 0) is 44.7 Å². The molecule has 0 bridgehead atoms. The van der Waals surface area contributed by atoms with E-state index in [1.54, 1.807) is 0 Å². The van der Waals surface area contributed by atoms with Gasteiger partial charge in [0.15, 0.2) is 0 Å². The van der Waals surface area contributed by atoms with Crippen molar-refractivity contribution in [1.82, 2.24) is 0 Å². The summed E-state index contributed by atoms with van der Waals surface area (Å²) in [4.78, 5) is 14.0. The highest BCUT2D eigenvalue weighted by molar-refractivity contribution is 6.03. The predicted octanol–water partition coefficient (Wildman–Crippen LogP) is 2.64. The molecule has 102 valence electrons. The Hall–Kier alpha value is -1.71. The molecule has 1 N–H and O–H groups in total. The van der Waals surface area contributed by atoms with Gasteiger partial charge >= 0.3 is 0 Å². The molecule has 19 heavy (non-hydrogen) atoms. The average Bonchev–Trinajstić information content (AvgIpc) is 3.13. The van der Waals surface area contributed by atoms with Gasteiger partial charge in [0.2, 0.25) is 5.91 Å². The highest BCUT2D eigenvalue weighted by Gasteiger charge is 2.30. The van der Waals surface area contributed by atoms with Gasteiger partial charge in [0.25, 0.3) is 0 Å². The first kappa shape index (κ1) is 12.3. The van der Waals surface area contributed by atoms with Crippen LogP contribution < -0.4 is 15.0 Å². The minimum absolute atomic E-state index is 0.0490. The fraction of sp³-hybridized carbons (Fsp3) is 0.533. The molecule has 1 aliphatic heterocycles. The van der Waals surface area contributed by atoms with E-state index in [1.807, 2.05) is 26.0 Å². The number of nitrogens with zero attached hydrogens (tertiary/aromatic N) is 1. The Bertz CT molecular complexity index is 495. The Morgan fingerprint density at radius 2 is 2.21 bits per heavy atom. The normalized spacial score (nSPS) is 18.3. The molecule has 1 amide bonds. The van der Waals surface area contributed by atoms with E-state index < -0.39 is 0 Å². The minimum atomic E-state index is 0.0490. The molecule has 1 aliphatic carbocycles. The Balaban J connectivity index is 1.92. The molecule has 0 saturated heterocycles. The minimum Gasteiger partial charge on any atom is -0.489 e. The van der Waals surface area contributed by atoms with Gasteiger partial charge in [-0.1, -0.05) is 6.07 Å². The van der Waals surface area contributed by atoms with Gasteiger partial charge < -0.3 is 15.0 Å². The zero-order valence-corrected chi connectivity index (χ0v) is 11.5. The number of para-hydroxylation sites is 1. The van der Waals surface area contributed by atoms with E-state index in [4.69, 9.17) is 4.74 Å². The molecule has 1 aromatic rings. The lowest BCUT2D eigenvalue weighted by molar-refractivity contribution is -0.115. The first-order valence-corrected chi connectivity index (χ1v) is 6.98. The summed E-state index contributed by atoms with van der Waals surface area (Å²) in [5.41, 5.74) is 1.91. The zero-order chi connectivity index (χ0) is 13.4. The molecule has 1 fully saturated rings.